The van der Waals surface area contributed by atoms with Gasteiger partial charge >= 0.3 is 0 Å². The van der Waals surface area contributed by atoms with Gasteiger partial charge in [0.25, 0.3) is 0 Å². The van der Waals surface area contributed by atoms with E-state index in [2.05, 4.69) is 0 Å². The highest BCUT2D eigenvalue weighted by molar-refractivity contribution is 6.35. The average molecular weight is 464 g/mol. The van der Waals surface area contributed by atoms with Crippen molar-refractivity contribution in [2.45, 2.75) is 18.7 Å². The van der Waals surface area contributed by atoms with Gasteiger partial charge in [-0.3, -0.25) is 0 Å². The van der Waals surface area contributed by atoms with Crippen LogP contribution in [0.2, 0.25) is 20.1 Å². The van der Waals surface area contributed by atoms with E-state index < -0.39 is 6.23 Å². The van der Waals surface area contributed by atoms with Crippen LogP contribution in [0, 0.1) is 0 Å². The summed E-state index contributed by atoms with van der Waals surface area (Å²) in [7, 11) is 0. The van der Waals surface area contributed by atoms with Gasteiger partial charge in [0.05, 0.1) is 16.8 Å². The van der Waals surface area contributed by atoms with Crippen LogP contribution < -0.4 is 4.74 Å². The van der Waals surface area contributed by atoms with Gasteiger partial charge < -0.3 is 4.74 Å². The second-order valence-electron chi connectivity index (χ2n) is 6.98. The van der Waals surface area contributed by atoms with E-state index in [4.69, 9.17) is 56.2 Å². The van der Waals surface area contributed by atoms with E-state index in [0.717, 1.165) is 22.4 Å². The molecule has 2 aliphatic heterocycles. The second-order valence-corrected chi connectivity index (χ2v) is 8.70. The molecule has 0 saturated heterocycles. The highest BCUT2D eigenvalue weighted by Crippen LogP contribution is 2.50. The first-order valence-electron chi connectivity index (χ1n) is 9.02. The maximum Gasteiger partial charge on any atom is 0.213 e. The number of hydrogen-bond donors (Lipinski definition) is 0. The van der Waals surface area contributed by atoms with E-state index in [9.17, 15) is 0 Å². The quantitative estimate of drug-likeness (QED) is 0.392. The van der Waals surface area contributed by atoms with Crippen LogP contribution in [0.15, 0.2) is 65.8 Å². The molecule has 146 valence electrons. The minimum Gasteiger partial charge on any atom is -0.463 e. The van der Waals surface area contributed by atoms with Gasteiger partial charge in [-0.15, -0.1) is 0 Å². The Balaban J connectivity index is 1.62. The van der Waals surface area contributed by atoms with Crippen molar-refractivity contribution in [2.24, 2.45) is 5.10 Å². The van der Waals surface area contributed by atoms with Gasteiger partial charge in [0.15, 0.2) is 0 Å². The van der Waals surface area contributed by atoms with Crippen LogP contribution >= 0.6 is 46.4 Å². The predicted molar refractivity (Wildman–Crippen MR) is 118 cm³/mol. The van der Waals surface area contributed by atoms with E-state index >= 15 is 0 Å². The normalized spacial score (nSPS) is 20.0. The van der Waals surface area contributed by atoms with Crippen molar-refractivity contribution in [3.63, 3.8) is 0 Å². The first-order valence-corrected chi connectivity index (χ1v) is 10.5. The Labute approximate surface area is 188 Å². The van der Waals surface area contributed by atoms with Crippen LogP contribution in [0.3, 0.4) is 0 Å². The zero-order valence-electron chi connectivity index (χ0n) is 14.9. The van der Waals surface area contributed by atoms with E-state index in [0.29, 0.717) is 32.3 Å². The zero-order valence-corrected chi connectivity index (χ0v) is 18.0. The van der Waals surface area contributed by atoms with E-state index in [-0.39, 0.29) is 6.04 Å². The molecule has 2 unspecified atom stereocenters. The maximum absolute atomic E-state index is 6.49. The fraction of sp³-hybridized carbons (Fsp3) is 0.136. The summed E-state index contributed by atoms with van der Waals surface area (Å²) in [6.45, 7) is 0. The van der Waals surface area contributed by atoms with E-state index in [1.165, 1.54) is 0 Å². The Morgan fingerprint density at radius 1 is 0.828 bits per heavy atom. The molecule has 3 aromatic carbocycles. The van der Waals surface area contributed by atoms with Gasteiger partial charge in [-0.05, 0) is 42.0 Å². The molecule has 29 heavy (non-hydrogen) atoms. The molecule has 2 atom stereocenters. The lowest BCUT2D eigenvalue weighted by Crippen LogP contribution is -2.33. The van der Waals surface area contributed by atoms with Crippen LogP contribution in [-0.2, 0) is 0 Å². The Morgan fingerprint density at radius 3 is 2.17 bits per heavy atom. The SMILES string of the molecule is Clc1ccc(C2=NN3C(C2)c2cc(Cl)cc(Cl)c2OC3c2ccc(Cl)cc2)cc1. The molecule has 0 N–H and O–H groups in total. The second kappa shape index (κ2) is 7.41. The molecule has 0 aromatic heterocycles. The minimum absolute atomic E-state index is 0.0405. The summed E-state index contributed by atoms with van der Waals surface area (Å²) >= 11 is 24.9. The Kier molecular flexibility index (Phi) is 4.87. The molecule has 5 rings (SSSR count). The number of halogens is 4. The van der Waals surface area contributed by atoms with Crippen molar-refractivity contribution in [3.05, 3.63) is 97.4 Å². The molecule has 3 nitrogen and oxygen atoms in total. The van der Waals surface area contributed by atoms with Gasteiger partial charge in [-0.1, -0.05) is 70.7 Å². The number of hydrogen-bond acceptors (Lipinski definition) is 3. The smallest absolute Gasteiger partial charge is 0.213 e. The Hall–Kier alpha value is -1.91. The number of hydrazone groups is 1. The molecule has 7 heteroatoms. The molecular formula is C22H14Cl4N2O. The highest BCUT2D eigenvalue weighted by Gasteiger charge is 2.42. The van der Waals surface area contributed by atoms with Gasteiger partial charge in [-0.2, -0.15) is 5.10 Å². The Morgan fingerprint density at radius 2 is 1.48 bits per heavy atom. The van der Waals surface area contributed by atoms with Crippen LogP contribution in [0.25, 0.3) is 0 Å². The summed E-state index contributed by atoms with van der Waals surface area (Å²) in [4.78, 5) is 0. The maximum atomic E-state index is 6.49. The van der Waals surface area contributed by atoms with Crippen molar-refractivity contribution < 1.29 is 4.74 Å². The van der Waals surface area contributed by atoms with Gasteiger partial charge in [0.2, 0.25) is 6.23 Å². The highest BCUT2D eigenvalue weighted by atomic mass is 35.5. The average Bonchev–Trinajstić information content (AvgIpc) is 3.14. The monoisotopic (exact) mass is 462 g/mol. The van der Waals surface area contributed by atoms with Crippen LogP contribution in [0.1, 0.15) is 35.4 Å². The van der Waals surface area contributed by atoms with Crippen LogP contribution in [0.4, 0.5) is 0 Å². The number of ether oxygens (including phenoxy) is 1. The third kappa shape index (κ3) is 3.47. The molecule has 2 heterocycles. The molecule has 0 spiro atoms. The summed E-state index contributed by atoms with van der Waals surface area (Å²) in [5.74, 6) is 0.643. The molecule has 0 aliphatic carbocycles. The lowest BCUT2D eigenvalue weighted by molar-refractivity contribution is -0.0189. The van der Waals surface area contributed by atoms with Gasteiger partial charge in [-0.25, -0.2) is 5.01 Å². The molecule has 3 aromatic rings. The first-order chi connectivity index (χ1) is 14.0. The van der Waals surface area contributed by atoms with E-state index in [1.807, 2.05) is 59.6 Å². The molecule has 0 saturated carbocycles. The molecule has 0 radical (unpaired) electrons. The molecular weight excluding hydrogens is 450 g/mol. The number of nitrogens with zero attached hydrogens (tertiary/aromatic N) is 2. The van der Waals surface area contributed by atoms with Crippen molar-refractivity contribution >= 4 is 52.1 Å². The van der Waals surface area contributed by atoms with Gasteiger partial charge in [0, 0.05) is 32.6 Å². The lowest BCUT2D eigenvalue weighted by Gasteiger charge is -2.38. The van der Waals surface area contributed by atoms with E-state index in [1.54, 1.807) is 6.07 Å². The van der Waals surface area contributed by atoms with Crippen molar-refractivity contribution in [1.82, 2.24) is 5.01 Å². The van der Waals surface area contributed by atoms with Gasteiger partial charge in [0.1, 0.15) is 5.75 Å². The fourth-order valence-corrected chi connectivity index (χ4v) is 4.58. The number of rotatable bonds is 2. The zero-order chi connectivity index (χ0) is 20.1. The van der Waals surface area contributed by atoms with Crippen molar-refractivity contribution in [2.75, 3.05) is 0 Å². The summed E-state index contributed by atoms with van der Waals surface area (Å²) in [5, 5.41) is 9.30. The van der Waals surface area contributed by atoms with Crippen molar-refractivity contribution in [1.29, 1.82) is 0 Å². The summed E-state index contributed by atoms with van der Waals surface area (Å²) < 4.78 is 6.32. The molecule has 0 amide bonds. The third-order valence-corrected chi connectivity index (χ3v) is 6.14. The molecule has 2 aliphatic rings. The van der Waals surface area contributed by atoms with Crippen molar-refractivity contribution in [3.8, 4) is 5.75 Å². The first kappa shape index (κ1) is 19.1. The topological polar surface area (TPSA) is 24.8 Å². The fourth-order valence-electron chi connectivity index (χ4n) is 3.78. The third-order valence-electron chi connectivity index (χ3n) is 5.14. The molecule has 0 fully saturated rings. The van der Waals surface area contributed by atoms with Crippen LogP contribution in [0.5, 0.6) is 5.75 Å². The standard InChI is InChI=1S/C22H14Cl4N2O/c23-14-5-1-12(2-6-14)19-11-20-17-9-16(25)10-18(26)21(17)29-22(28(20)27-19)13-3-7-15(24)8-4-13/h1-10,20,22H,11H2. The largest absolute Gasteiger partial charge is 0.463 e. The number of fused-ring (bicyclic) bond motifs is 3. The summed E-state index contributed by atoms with van der Waals surface area (Å²) in [5.41, 5.74) is 3.85. The number of benzene rings is 3. The predicted octanol–water partition coefficient (Wildman–Crippen LogP) is 7.54. The van der Waals surface area contributed by atoms with Crippen LogP contribution in [-0.4, -0.2) is 10.7 Å². The lowest BCUT2D eigenvalue weighted by atomic mass is 9.96. The molecule has 0 bridgehead atoms. The summed E-state index contributed by atoms with van der Waals surface area (Å²) in [6.07, 6.45) is 0.284. The minimum atomic E-state index is -0.423. The Bertz CT molecular complexity index is 1110. The summed E-state index contributed by atoms with van der Waals surface area (Å²) in [6, 6.07) is 18.8.